The van der Waals surface area contributed by atoms with Crippen LogP contribution in [0.2, 0.25) is 0 Å². The molecule has 0 atom stereocenters. The van der Waals surface area contributed by atoms with Gasteiger partial charge in [0.15, 0.2) is 0 Å². The lowest BCUT2D eigenvalue weighted by Crippen LogP contribution is -1.90. The van der Waals surface area contributed by atoms with Gasteiger partial charge in [-0.3, -0.25) is 0 Å². The van der Waals surface area contributed by atoms with Gasteiger partial charge in [0.25, 0.3) is 0 Å². The van der Waals surface area contributed by atoms with E-state index in [0.717, 1.165) is 11.1 Å². The maximum Gasteiger partial charge on any atom is 0.125 e. The zero-order chi connectivity index (χ0) is 12.3. The minimum absolute atomic E-state index is 0.165. The standard InChI is InChI=1S/C14H12N2O/c15-9-8-10-4-6-11(7-5-10)14-12(16)2-1-3-13(14)17/h1-7,17H,8,16H2. The Morgan fingerprint density at radius 2 is 1.82 bits per heavy atom. The second kappa shape index (κ2) is 4.58. The number of nitrogen functional groups attached to an aromatic ring is 1. The van der Waals surface area contributed by atoms with E-state index in [-0.39, 0.29) is 5.75 Å². The lowest BCUT2D eigenvalue weighted by Gasteiger charge is -2.08. The van der Waals surface area contributed by atoms with Crippen molar-refractivity contribution < 1.29 is 5.11 Å². The van der Waals surface area contributed by atoms with Gasteiger partial charge in [0.2, 0.25) is 0 Å². The molecule has 84 valence electrons. The highest BCUT2D eigenvalue weighted by atomic mass is 16.3. The van der Waals surface area contributed by atoms with Gasteiger partial charge >= 0.3 is 0 Å². The Bertz CT molecular complexity index is 548. The first-order chi connectivity index (χ1) is 8.22. The summed E-state index contributed by atoms with van der Waals surface area (Å²) in [6, 6.07) is 14.6. The highest BCUT2D eigenvalue weighted by molar-refractivity contribution is 5.81. The summed E-state index contributed by atoms with van der Waals surface area (Å²) in [6.07, 6.45) is 0.385. The summed E-state index contributed by atoms with van der Waals surface area (Å²) in [5, 5.41) is 18.4. The van der Waals surface area contributed by atoms with Crippen molar-refractivity contribution in [3.8, 4) is 22.9 Å². The predicted molar refractivity (Wildman–Crippen MR) is 67.3 cm³/mol. The predicted octanol–water partition coefficient (Wildman–Crippen LogP) is 2.71. The number of aromatic hydroxyl groups is 1. The molecule has 2 aromatic rings. The van der Waals surface area contributed by atoms with Gasteiger partial charge < -0.3 is 10.8 Å². The summed E-state index contributed by atoms with van der Waals surface area (Å²) in [5.74, 6) is 0.165. The fourth-order valence-electron chi connectivity index (χ4n) is 1.75. The molecular weight excluding hydrogens is 212 g/mol. The van der Waals surface area contributed by atoms with Crippen molar-refractivity contribution in [2.45, 2.75) is 6.42 Å². The van der Waals surface area contributed by atoms with E-state index >= 15 is 0 Å². The zero-order valence-electron chi connectivity index (χ0n) is 9.22. The first-order valence-corrected chi connectivity index (χ1v) is 5.26. The summed E-state index contributed by atoms with van der Waals surface area (Å²) in [5.41, 5.74) is 8.81. The molecule has 0 radical (unpaired) electrons. The molecule has 0 saturated heterocycles. The average Bonchev–Trinajstić information content (AvgIpc) is 2.31. The Labute approximate surface area is 99.7 Å². The summed E-state index contributed by atoms with van der Waals surface area (Å²) in [4.78, 5) is 0. The van der Waals surface area contributed by atoms with Gasteiger partial charge in [-0.15, -0.1) is 0 Å². The van der Waals surface area contributed by atoms with E-state index in [1.165, 1.54) is 0 Å². The average molecular weight is 224 g/mol. The molecule has 0 unspecified atom stereocenters. The number of phenolic OH excluding ortho intramolecular Hbond substituents is 1. The van der Waals surface area contributed by atoms with Crippen molar-refractivity contribution in [1.29, 1.82) is 5.26 Å². The van der Waals surface area contributed by atoms with Crippen LogP contribution in [0.4, 0.5) is 5.69 Å². The Hall–Kier alpha value is -2.47. The van der Waals surface area contributed by atoms with E-state index in [0.29, 0.717) is 17.7 Å². The van der Waals surface area contributed by atoms with Crippen molar-refractivity contribution >= 4 is 5.69 Å². The summed E-state index contributed by atoms with van der Waals surface area (Å²) >= 11 is 0. The molecule has 0 aliphatic heterocycles. The van der Waals surface area contributed by atoms with Crippen LogP contribution in [-0.2, 0) is 6.42 Å². The van der Waals surface area contributed by atoms with Crippen molar-refractivity contribution in [3.05, 3.63) is 48.0 Å². The first-order valence-electron chi connectivity index (χ1n) is 5.26. The first kappa shape index (κ1) is 11.0. The number of hydrogen-bond donors (Lipinski definition) is 2. The van der Waals surface area contributed by atoms with Crippen LogP contribution in [0, 0.1) is 11.3 Å². The number of rotatable bonds is 2. The molecule has 3 heteroatoms. The highest BCUT2D eigenvalue weighted by Crippen LogP contribution is 2.34. The van der Waals surface area contributed by atoms with Crippen LogP contribution >= 0.6 is 0 Å². The lowest BCUT2D eigenvalue weighted by atomic mass is 10.0. The quantitative estimate of drug-likeness (QED) is 0.770. The van der Waals surface area contributed by atoms with Crippen LogP contribution in [-0.4, -0.2) is 5.11 Å². The molecule has 0 fully saturated rings. The molecule has 3 N–H and O–H groups in total. The van der Waals surface area contributed by atoms with Crippen LogP contribution in [0.3, 0.4) is 0 Å². The minimum Gasteiger partial charge on any atom is -0.507 e. The second-order valence-corrected chi connectivity index (χ2v) is 3.77. The Balaban J connectivity index is 2.44. The molecule has 2 rings (SSSR count). The van der Waals surface area contributed by atoms with Gasteiger partial charge in [-0.2, -0.15) is 5.26 Å². The van der Waals surface area contributed by atoms with E-state index in [9.17, 15) is 5.11 Å². The van der Waals surface area contributed by atoms with Crippen LogP contribution in [0.1, 0.15) is 5.56 Å². The smallest absolute Gasteiger partial charge is 0.125 e. The summed E-state index contributed by atoms with van der Waals surface area (Å²) < 4.78 is 0. The van der Waals surface area contributed by atoms with Crippen molar-refractivity contribution in [2.24, 2.45) is 0 Å². The number of phenols is 1. The number of nitrogens with zero attached hydrogens (tertiary/aromatic N) is 1. The monoisotopic (exact) mass is 224 g/mol. The third-order valence-corrected chi connectivity index (χ3v) is 2.60. The van der Waals surface area contributed by atoms with Gasteiger partial charge in [0.1, 0.15) is 5.75 Å². The van der Waals surface area contributed by atoms with Crippen molar-refractivity contribution in [2.75, 3.05) is 5.73 Å². The molecule has 0 aliphatic carbocycles. The lowest BCUT2D eigenvalue weighted by molar-refractivity contribution is 0.477. The Kier molecular flexibility index (Phi) is 2.97. The number of benzene rings is 2. The molecule has 2 aromatic carbocycles. The number of hydrogen-bond acceptors (Lipinski definition) is 3. The molecule has 0 amide bonds. The third kappa shape index (κ3) is 2.21. The largest absolute Gasteiger partial charge is 0.507 e. The highest BCUT2D eigenvalue weighted by Gasteiger charge is 2.07. The molecular formula is C14H12N2O. The van der Waals surface area contributed by atoms with Gasteiger partial charge in [0, 0.05) is 11.3 Å². The van der Waals surface area contributed by atoms with Crippen molar-refractivity contribution in [1.82, 2.24) is 0 Å². The number of nitrogens with two attached hydrogens (primary N) is 1. The molecule has 3 nitrogen and oxygen atoms in total. The maximum atomic E-state index is 9.79. The van der Waals surface area contributed by atoms with Gasteiger partial charge in [-0.25, -0.2) is 0 Å². The van der Waals surface area contributed by atoms with Crippen molar-refractivity contribution in [3.63, 3.8) is 0 Å². The Morgan fingerprint density at radius 1 is 1.12 bits per heavy atom. The number of nitriles is 1. The molecule has 0 aromatic heterocycles. The van der Waals surface area contributed by atoms with E-state index < -0.39 is 0 Å². The molecule has 0 saturated carbocycles. The SMILES string of the molecule is N#CCc1ccc(-c2c(N)cccc2O)cc1. The summed E-state index contributed by atoms with van der Waals surface area (Å²) in [6.45, 7) is 0. The normalized spacial score (nSPS) is 9.82. The van der Waals surface area contributed by atoms with Crippen LogP contribution in [0.5, 0.6) is 5.75 Å². The van der Waals surface area contributed by atoms with E-state index in [2.05, 4.69) is 6.07 Å². The van der Waals surface area contributed by atoms with Gasteiger partial charge in [-0.1, -0.05) is 30.3 Å². The molecule has 0 bridgehead atoms. The fraction of sp³-hybridized carbons (Fsp3) is 0.0714. The zero-order valence-corrected chi connectivity index (χ0v) is 9.22. The van der Waals surface area contributed by atoms with Crippen LogP contribution in [0.25, 0.3) is 11.1 Å². The minimum atomic E-state index is 0.165. The van der Waals surface area contributed by atoms with Crippen LogP contribution in [0.15, 0.2) is 42.5 Å². The molecule has 0 heterocycles. The van der Waals surface area contributed by atoms with Crippen LogP contribution < -0.4 is 5.73 Å². The molecule has 0 spiro atoms. The van der Waals surface area contributed by atoms with Gasteiger partial charge in [-0.05, 0) is 23.3 Å². The van der Waals surface area contributed by atoms with E-state index in [1.54, 1.807) is 18.2 Å². The molecule has 17 heavy (non-hydrogen) atoms. The second-order valence-electron chi connectivity index (χ2n) is 3.77. The Morgan fingerprint density at radius 3 is 2.41 bits per heavy atom. The maximum absolute atomic E-state index is 9.79. The van der Waals surface area contributed by atoms with Gasteiger partial charge in [0.05, 0.1) is 12.5 Å². The number of anilines is 1. The topological polar surface area (TPSA) is 70.0 Å². The van der Waals surface area contributed by atoms with E-state index in [1.807, 2.05) is 24.3 Å². The fourth-order valence-corrected chi connectivity index (χ4v) is 1.75. The summed E-state index contributed by atoms with van der Waals surface area (Å²) in [7, 11) is 0. The van der Waals surface area contributed by atoms with E-state index in [4.69, 9.17) is 11.0 Å². The third-order valence-electron chi connectivity index (χ3n) is 2.60. The molecule has 0 aliphatic rings.